The van der Waals surface area contributed by atoms with E-state index in [0.717, 1.165) is 12.2 Å². The Balaban J connectivity index is 0.000000921. The molecule has 2 heteroatoms. The van der Waals surface area contributed by atoms with Crippen LogP contribution in [0.25, 0.3) is 0 Å². The summed E-state index contributed by atoms with van der Waals surface area (Å²) in [6.07, 6.45) is 9.63. The van der Waals surface area contributed by atoms with Gasteiger partial charge in [0.2, 0.25) is 0 Å². The third-order valence-corrected chi connectivity index (χ3v) is 1.53. The lowest BCUT2D eigenvalue weighted by atomic mass is 10.3. The molecule has 1 N–H and O–H groups in total. The highest BCUT2D eigenvalue weighted by molar-refractivity contribution is 5.05. The van der Waals surface area contributed by atoms with E-state index < -0.39 is 0 Å². The number of hydrogen-bond acceptors (Lipinski definition) is 2. The van der Waals surface area contributed by atoms with Crippen LogP contribution in [0.1, 0.15) is 26.5 Å². The molecule has 0 aliphatic carbocycles. The molecule has 1 aromatic rings. The molecule has 0 aliphatic heterocycles. The number of pyridine rings is 1. The van der Waals surface area contributed by atoms with Crippen LogP contribution < -0.4 is 5.32 Å². The van der Waals surface area contributed by atoms with Crippen LogP contribution >= 0.6 is 0 Å². The number of hydrogen-bond donors (Lipinski definition) is 1. The van der Waals surface area contributed by atoms with E-state index in [1.54, 1.807) is 6.20 Å². The van der Waals surface area contributed by atoms with E-state index in [1.165, 1.54) is 0 Å². The van der Waals surface area contributed by atoms with Gasteiger partial charge in [0.05, 0.1) is 12.2 Å². The number of nitrogens with zero attached hydrogens (tertiary/aromatic N) is 1. The topological polar surface area (TPSA) is 24.9 Å². The Morgan fingerprint density at radius 2 is 2.07 bits per heavy atom. The van der Waals surface area contributed by atoms with Crippen LogP contribution in [0.2, 0.25) is 0 Å². The maximum absolute atomic E-state index is 4.18. The van der Waals surface area contributed by atoms with Crippen molar-refractivity contribution < 1.29 is 0 Å². The van der Waals surface area contributed by atoms with E-state index in [2.05, 4.69) is 10.3 Å². The summed E-state index contributed by atoms with van der Waals surface area (Å²) in [4.78, 5) is 4.18. The van der Waals surface area contributed by atoms with Crippen LogP contribution in [0, 0.1) is 0 Å². The van der Waals surface area contributed by atoms with Gasteiger partial charge in [-0.05, 0) is 31.3 Å². The molecule has 1 heterocycles. The summed E-state index contributed by atoms with van der Waals surface area (Å²) in [7, 11) is 0. The maximum atomic E-state index is 4.18. The molecule has 0 spiro atoms. The van der Waals surface area contributed by atoms with Crippen molar-refractivity contribution in [2.45, 2.75) is 27.3 Å². The van der Waals surface area contributed by atoms with Gasteiger partial charge < -0.3 is 5.32 Å². The Morgan fingerprint density at radius 3 is 2.67 bits per heavy atom. The van der Waals surface area contributed by atoms with Crippen molar-refractivity contribution >= 4 is 0 Å². The van der Waals surface area contributed by atoms with Gasteiger partial charge in [-0.15, -0.1) is 0 Å². The fourth-order valence-electron chi connectivity index (χ4n) is 0.901. The van der Waals surface area contributed by atoms with E-state index in [1.807, 2.05) is 63.4 Å². The molecule has 15 heavy (non-hydrogen) atoms. The summed E-state index contributed by atoms with van der Waals surface area (Å²) in [5.41, 5.74) is 1.05. The minimum absolute atomic E-state index is 0.773. The fourth-order valence-corrected chi connectivity index (χ4v) is 0.901. The molecular weight excluding hydrogens is 184 g/mol. The molecule has 0 radical (unpaired) electrons. The van der Waals surface area contributed by atoms with Crippen molar-refractivity contribution in [3.05, 3.63) is 54.5 Å². The first-order valence-electron chi connectivity index (χ1n) is 5.34. The van der Waals surface area contributed by atoms with E-state index in [0.29, 0.717) is 0 Å². The van der Waals surface area contributed by atoms with Crippen molar-refractivity contribution in [2.24, 2.45) is 0 Å². The lowest BCUT2D eigenvalue weighted by Crippen LogP contribution is -2.05. The summed E-state index contributed by atoms with van der Waals surface area (Å²) in [6.45, 7) is 6.76. The lowest BCUT2D eigenvalue weighted by Gasteiger charge is -1.98. The van der Waals surface area contributed by atoms with Crippen molar-refractivity contribution in [3.8, 4) is 0 Å². The molecule has 0 bridgehead atoms. The quantitative estimate of drug-likeness (QED) is 0.761. The highest BCUT2D eigenvalue weighted by Gasteiger charge is 1.86. The monoisotopic (exact) mass is 204 g/mol. The van der Waals surface area contributed by atoms with Crippen LogP contribution in [0.4, 0.5) is 0 Å². The predicted molar refractivity (Wildman–Crippen MR) is 66.4 cm³/mol. The normalized spacial score (nSPS) is 10.1. The molecule has 82 valence electrons. The van der Waals surface area contributed by atoms with Crippen LogP contribution in [-0.2, 0) is 6.54 Å². The summed E-state index contributed by atoms with van der Waals surface area (Å²) < 4.78 is 0. The second-order valence-corrected chi connectivity index (χ2v) is 2.59. The first kappa shape index (κ1) is 13.4. The van der Waals surface area contributed by atoms with Crippen LogP contribution in [0.15, 0.2) is 48.8 Å². The third kappa shape index (κ3) is 7.50. The molecule has 0 aliphatic rings. The Hall–Kier alpha value is -1.57. The first-order valence-corrected chi connectivity index (χ1v) is 5.34. The van der Waals surface area contributed by atoms with Crippen LogP contribution in [0.3, 0.4) is 0 Å². The Morgan fingerprint density at radius 1 is 1.27 bits per heavy atom. The first-order chi connectivity index (χ1) is 7.43. The predicted octanol–water partition coefficient (Wildman–Crippen LogP) is 3.29. The van der Waals surface area contributed by atoms with Gasteiger partial charge in [-0.2, -0.15) is 0 Å². The van der Waals surface area contributed by atoms with Gasteiger partial charge in [-0.3, -0.25) is 4.98 Å². The minimum atomic E-state index is 0.773. The van der Waals surface area contributed by atoms with Gasteiger partial charge in [0.1, 0.15) is 0 Å². The Kier molecular flexibility index (Phi) is 9.41. The van der Waals surface area contributed by atoms with Crippen molar-refractivity contribution in [3.63, 3.8) is 0 Å². The average Bonchev–Trinajstić information content (AvgIpc) is 2.33. The molecule has 0 unspecified atom stereocenters. The van der Waals surface area contributed by atoms with Crippen molar-refractivity contribution in [2.75, 3.05) is 0 Å². The second kappa shape index (κ2) is 10.5. The second-order valence-electron chi connectivity index (χ2n) is 2.59. The molecular formula is C13H20N2. The highest BCUT2D eigenvalue weighted by Crippen LogP contribution is 1.91. The molecule has 2 nitrogen and oxygen atoms in total. The lowest BCUT2D eigenvalue weighted by molar-refractivity contribution is 0.836. The standard InChI is InChI=1S/C11H14N2.C2H6/c1-2-3-5-8-12-10-11-7-4-6-9-13-11;1-2/h2-9,12H,10H2,1H3;1-2H3/b3-2-,8-5-;. The molecule has 0 saturated carbocycles. The zero-order valence-electron chi connectivity index (χ0n) is 9.77. The largest absolute Gasteiger partial charge is 0.385 e. The van der Waals surface area contributed by atoms with Gasteiger partial charge in [0, 0.05) is 6.20 Å². The Labute approximate surface area is 92.7 Å². The highest BCUT2D eigenvalue weighted by atomic mass is 14.9. The number of nitrogens with one attached hydrogen (secondary N) is 1. The molecule has 0 saturated heterocycles. The summed E-state index contributed by atoms with van der Waals surface area (Å²) in [5, 5.41) is 3.14. The molecule has 0 fully saturated rings. The van der Waals surface area contributed by atoms with Crippen molar-refractivity contribution in [1.29, 1.82) is 0 Å². The van der Waals surface area contributed by atoms with Crippen LogP contribution in [-0.4, -0.2) is 4.98 Å². The molecule has 1 rings (SSSR count). The van der Waals surface area contributed by atoms with E-state index >= 15 is 0 Å². The van der Waals surface area contributed by atoms with Gasteiger partial charge in [0.25, 0.3) is 0 Å². The van der Waals surface area contributed by atoms with Gasteiger partial charge in [0.15, 0.2) is 0 Å². The fraction of sp³-hybridized carbons (Fsp3) is 0.308. The maximum Gasteiger partial charge on any atom is 0.0594 e. The molecule has 1 aromatic heterocycles. The zero-order valence-corrected chi connectivity index (χ0v) is 9.77. The summed E-state index contributed by atoms with van der Waals surface area (Å²) >= 11 is 0. The van der Waals surface area contributed by atoms with Gasteiger partial charge in [-0.25, -0.2) is 0 Å². The smallest absolute Gasteiger partial charge is 0.0594 e. The van der Waals surface area contributed by atoms with Crippen molar-refractivity contribution in [1.82, 2.24) is 10.3 Å². The third-order valence-electron chi connectivity index (χ3n) is 1.53. The van der Waals surface area contributed by atoms with E-state index in [9.17, 15) is 0 Å². The van der Waals surface area contributed by atoms with Gasteiger partial charge >= 0.3 is 0 Å². The number of allylic oxidation sites excluding steroid dienone is 3. The zero-order chi connectivity index (χ0) is 11.4. The average molecular weight is 204 g/mol. The molecule has 0 aromatic carbocycles. The number of aromatic nitrogens is 1. The number of rotatable bonds is 4. The SMILES string of the molecule is C/C=C\C=C/NCc1ccccn1.CC. The van der Waals surface area contributed by atoms with Crippen LogP contribution in [0.5, 0.6) is 0 Å². The molecule has 0 amide bonds. The van der Waals surface area contributed by atoms with E-state index in [-0.39, 0.29) is 0 Å². The summed E-state index contributed by atoms with van der Waals surface area (Å²) in [5.74, 6) is 0. The molecule has 0 atom stereocenters. The summed E-state index contributed by atoms with van der Waals surface area (Å²) in [6, 6.07) is 5.90. The Bertz CT molecular complexity index is 276. The minimum Gasteiger partial charge on any atom is -0.385 e. The van der Waals surface area contributed by atoms with Gasteiger partial charge in [-0.1, -0.05) is 32.1 Å². The van der Waals surface area contributed by atoms with E-state index in [4.69, 9.17) is 0 Å².